The molecule has 1 heterocycles. The van der Waals surface area contributed by atoms with Crippen LogP contribution in [-0.2, 0) is 9.53 Å². The van der Waals surface area contributed by atoms with Crippen molar-refractivity contribution in [1.82, 2.24) is 4.90 Å². The lowest BCUT2D eigenvalue weighted by atomic mass is 10.0. The van der Waals surface area contributed by atoms with Gasteiger partial charge in [0.1, 0.15) is 6.04 Å². The van der Waals surface area contributed by atoms with Crippen LogP contribution in [-0.4, -0.2) is 36.1 Å². The highest BCUT2D eigenvalue weighted by Gasteiger charge is 2.32. The standard InChI is InChI=1S/C14H20N2O2/c1-10-11(2)18-9-8-16(10)14(17)13(15)12-6-4-3-5-7-12/h3-7,10-11,13H,8-9,15H2,1-2H3/t10-,11-,13-/m0/s1. The van der Waals surface area contributed by atoms with Gasteiger partial charge in [0.2, 0.25) is 5.91 Å². The minimum absolute atomic E-state index is 0.0242. The van der Waals surface area contributed by atoms with Gasteiger partial charge in [0.15, 0.2) is 0 Å². The molecular formula is C14H20N2O2. The van der Waals surface area contributed by atoms with Crippen LogP contribution in [0.25, 0.3) is 0 Å². The summed E-state index contributed by atoms with van der Waals surface area (Å²) in [5.74, 6) is -0.0242. The fourth-order valence-electron chi connectivity index (χ4n) is 2.23. The first-order valence-electron chi connectivity index (χ1n) is 6.34. The number of hydrogen-bond acceptors (Lipinski definition) is 3. The second kappa shape index (κ2) is 5.50. The number of carbonyl (C=O) groups excluding carboxylic acids is 1. The zero-order valence-electron chi connectivity index (χ0n) is 10.9. The van der Waals surface area contributed by atoms with Crippen LogP contribution in [0.2, 0.25) is 0 Å². The van der Waals surface area contributed by atoms with E-state index in [-0.39, 0.29) is 18.1 Å². The van der Waals surface area contributed by atoms with E-state index in [9.17, 15) is 4.79 Å². The highest BCUT2D eigenvalue weighted by Crippen LogP contribution is 2.19. The lowest BCUT2D eigenvalue weighted by molar-refractivity contribution is -0.145. The van der Waals surface area contributed by atoms with Gasteiger partial charge in [0.05, 0.1) is 18.8 Å². The van der Waals surface area contributed by atoms with Crippen LogP contribution in [0.3, 0.4) is 0 Å². The molecule has 2 N–H and O–H groups in total. The third-order valence-corrected chi connectivity index (χ3v) is 3.59. The Balaban J connectivity index is 2.11. The molecule has 0 aromatic heterocycles. The predicted molar refractivity (Wildman–Crippen MR) is 70.0 cm³/mol. The number of hydrogen-bond donors (Lipinski definition) is 1. The second-order valence-electron chi connectivity index (χ2n) is 4.74. The molecule has 1 aromatic carbocycles. The quantitative estimate of drug-likeness (QED) is 0.859. The predicted octanol–water partition coefficient (Wildman–Crippen LogP) is 1.32. The van der Waals surface area contributed by atoms with Crippen molar-refractivity contribution in [2.45, 2.75) is 32.0 Å². The van der Waals surface area contributed by atoms with E-state index in [1.165, 1.54) is 0 Å². The summed E-state index contributed by atoms with van der Waals surface area (Å²) >= 11 is 0. The molecule has 98 valence electrons. The van der Waals surface area contributed by atoms with Gasteiger partial charge in [-0.05, 0) is 19.4 Å². The molecule has 0 radical (unpaired) electrons. The van der Waals surface area contributed by atoms with E-state index in [1.54, 1.807) is 0 Å². The van der Waals surface area contributed by atoms with Crippen LogP contribution in [0.15, 0.2) is 30.3 Å². The van der Waals surface area contributed by atoms with Gasteiger partial charge < -0.3 is 15.4 Å². The molecule has 1 saturated heterocycles. The third kappa shape index (κ3) is 2.54. The molecule has 18 heavy (non-hydrogen) atoms. The normalized spacial score (nSPS) is 25.8. The number of amides is 1. The summed E-state index contributed by atoms with van der Waals surface area (Å²) in [6, 6.07) is 8.97. The summed E-state index contributed by atoms with van der Waals surface area (Å²) in [5, 5.41) is 0. The zero-order valence-corrected chi connectivity index (χ0v) is 10.9. The molecule has 4 heteroatoms. The van der Waals surface area contributed by atoms with Gasteiger partial charge in [0, 0.05) is 6.54 Å². The highest BCUT2D eigenvalue weighted by molar-refractivity contribution is 5.83. The van der Waals surface area contributed by atoms with E-state index in [2.05, 4.69) is 0 Å². The summed E-state index contributed by atoms with van der Waals surface area (Å²) in [6.45, 7) is 5.18. The number of benzene rings is 1. The highest BCUT2D eigenvalue weighted by atomic mass is 16.5. The Labute approximate surface area is 108 Å². The largest absolute Gasteiger partial charge is 0.375 e. The molecule has 0 spiro atoms. The van der Waals surface area contributed by atoms with Crippen LogP contribution < -0.4 is 5.73 Å². The summed E-state index contributed by atoms with van der Waals surface area (Å²) in [7, 11) is 0. The maximum atomic E-state index is 12.4. The molecule has 1 amide bonds. The number of morpholine rings is 1. The van der Waals surface area contributed by atoms with Gasteiger partial charge in [-0.1, -0.05) is 30.3 Å². The number of ether oxygens (including phenoxy) is 1. The molecular weight excluding hydrogens is 228 g/mol. The average molecular weight is 248 g/mol. The van der Waals surface area contributed by atoms with E-state index in [0.717, 1.165) is 5.56 Å². The molecule has 1 aromatic rings. The molecule has 0 saturated carbocycles. The molecule has 0 bridgehead atoms. The van der Waals surface area contributed by atoms with Crippen molar-refractivity contribution in [2.24, 2.45) is 5.73 Å². The van der Waals surface area contributed by atoms with Crippen molar-refractivity contribution in [2.75, 3.05) is 13.2 Å². The maximum Gasteiger partial charge on any atom is 0.244 e. The fraction of sp³-hybridized carbons (Fsp3) is 0.500. The minimum Gasteiger partial charge on any atom is -0.375 e. The lowest BCUT2D eigenvalue weighted by Crippen LogP contribution is -2.53. The van der Waals surface area contributed by atoms with Crippen LogP contribution in [0.1, 0.15) is 25.5 Å². The summed E-state index contributed by atoms with van der Waals surface area (Å²) in [5.41, 5.74) is 6.90. The average Bonchev–Trinajstić information content (AvgIpc) is 2.41. The molecule has 1 aliphatic rings. The monoisotopic (exact) mass is 248 g/mol. The van der Waals surface area contributed by atoms with E-state index >= 15 is 0 Å². The van der Waals surface area contributed by atoms with Crippen molar-refractivity contribution < 1.29 is 9.53 Å². The Morgan fingerprint density at radius 1 is 1.39 bits per heavy atom. The molecule has 1 fully saturated rings. The van der Waals surface area contributed by atoms with Gasteiger partial charge in [-0.2, -0.15) is 0 Å². The second-order valence-corrected chi connectivity index (χ2v) is 4.74. The first-order chi connectivity index (χ1) is 8.61. The molecule has 2 rings (SSSR count). The van der Waals surface area contributed by atoms with Gasteiger partial charge >= 0.3 is 0 Å². The van der Waals surface area contributed by atoms with Crippen LogP contribution in [0.4, 0.5) is 0 Å². The number of rotatable bonds is 2. The fourth-order valence-corrected chi connectivity index (χ4v) is 2.23. The van der Waals surface area contributed by atoms with Crippen molar-refractivity contribution in [3.63, 3.8) is 0 Å². The molecule has 4 nitrogen and oxygen atoms in total. The van der Waals surface area contributed by atoms with Crippen molar-refractivity contribution >= 4 is 5.91 Å². The number of nitrogens with zero attached hydrogens (tertiary/aromatic N) is 1. The molecule has 1 aliphatic heterocycles. The lowest BCUT2D eigenvalue weighted by Gasteiger charge is -2.39. The van der Waals surface area contributed by atoms with Crippen molar-refractivity contribution in [3.8, 4) is 0 Å². The topological polar surface area (TPSA) is 55.6 Å². The van der Waals surface area contributed by atoms with Crippen molar-refractivity contribution in [3.05, 3.63) is 35.9 Å². The Morgan fingerprint density at radius 3 is 2.72 bits per heavy atom. The summed E-state index contributed by atoms with van der Waals surface area (Å²) in [4.78, 5) is 14.2. The molecule has 3 atom stereocenters. The Kier molecular flexibility index (Phi) is 3.99. The smallest absolute Gasteiger partial charge is 0.244 e. The zero-order chi connectivity index (χ0) is 13.1. The van der Waals surface area contributed by atoms with Crippen LogP contribution >= 0.6 is 0 Å². The van der Waals surface area contributed by atoms with Crippen LogP contribution in [0.5, 0.6) is 0 Å². The van der Waals surface area contributed by atoms with Gasteiger partial charge in [-0.3, -0.25) is 4.79 Å². The molecule has 0 aliphatic carbocycles. The van der Waals surface area contributed by atoms with E-state index < -0.39 is 6.04 Å². The summed E-state index contributed by atoms with van der Waals surface area (Å²) < 4.78 is 5.52. The minimum atomic E-state index is -0.584. The number of nitrogens with two attached hydrogens (primary N) is 1. The summed E-state index contributed by atoms with van der Waals surface area (Å²) in [6.07, 6.45) is 0.0608. The Hall–Kier alpha value is -1.39. The first-order valence-corrected chi connectivity index (χ1v) is 6.34. The van der Waals surface area contributed by atoms with E-state index in [1.807, 2.05) is 49.1 Å². The van der Waals surface area contributed by atoms with E-state index in [0.29, 0.717) is 13.2 Å². The van der Waals surface area contributed by atoms with Crippen molar-refractivity contribution in [1.29, 1.82) is 0 Å². The Bertz CT molecular complexity index is 408. The number of carbonyl (C=O) groups is 1. The van der Waals surface area contributed by atoms with E-state index in [4.69, 9.17) is 10.5 Å². The van der Waals surface area contributed by atoms with Gasteiger partial charge in [0.25, 0.3) is 0 Å². The SMILES string of the molecule is C[C@@H]1OCCN(C(=O)[C@@H](N)c2ccccc2)[C@H]1C. The van der Waals surface area contributed by atoms with Gasteiger partial charge in [-0.15, -0.1) is 0 Å². The molecule has 0 unspecified atom stereocenters. The van der Waals surface area contributed by atoms with Crippen LogP contribution in [0, 0.1) is 0 Å². The Morgan fingerprint density at radius 2 is 2.06 bits per heavy atom. The third-order valence-electron chi connectivity index (χ3n) is 3.59. The van der Waals surface area contributed by atoms with Gasteiger partial charge in [-0.25, -0.2) is 0 Å². The first kappa shape index (κ1) is 13.1. The maximum absolute atomic E-state index is 12.4.